The first-order chi connectivity index (χ1) is 18.0. The second-order valence-electron chi connectivity index (χ2n) is 9.94. The van der Waals surface area contributed by atoms with Gasteiger partial charge in [0.25, 0.3) is 0 Å². The number of halogens is 2. The van der Waals surface area contributed by atoms with Gasteiger partial charge < -0.3 is 25.4 Å². The van der Waals surface area contributed by atoms with Crippen LogP contribution in [0.4, 0.5) is 20.7 Å². The van der Waals surface area contributed by atoms with Gasteiger partial charge in [-0.05, 0) is 39.0 Å². The van der Waals surface area contributed by atoms with Gasteiger partial charge in [0.2, 0.25) is 5.91 Å². The third-order valence-electron chi connectivity index (χ3n) is 6.09. The quantitative estimate of drug-likeness (QED) is 0.476. The smallest absolute Gasteiger partial charge is 0.410 e. The first-order valence-electron chi connectivity index (χ1n) is 12.0. The van der Waals surface area contributed by atoms with E-state index < -0.39 is 29.5 Å². The number of rotatable bonds is 6. The standard InChI is InChI=1S/C26H30ClFN6O4/c1-26(2,3)38-25(36)34-9-8-33(20(13-34)23(29)35)12-15-10-16-19(11-21(15)37-4)30-14-31-24(16)32-18-7-5-6-17(27)22(18)28/h5-7,10-11,14,20H,8-9,12-13H2,1-4H3,(H2,29,35)(H,30,31,32). The van der Waals surface area contributed by atoms with Gasteiger partial charge in [0.05, 0.1) is 23.3 Å². The van der Waals surface area contributed by atoms with Crippen molar-refractivity contribution in [2.75, 3.05) is 32.1 Å². The van der Waals surface area contributed by atoms with E-state index in [0.717, 1.165) is 5.56 Å². The number of primary amides is 1. The Morgan fingerprint density at radius 2 is 2.00 bits per heavy atom. The molecule has 2 aromatic carbocycles. The number of benzene rings is 2. The molecule has 3 aromatic rings. The summed E-state index contributed by atoms with van der Waals surface area (Å²) in [5.74, 6) is -0.225. The van der Waals surface area contributed by atoms with Crippen molar-refractivity contribution in [3.05, 3.63) is 53.1 Å². The molecule has 1 fully saturated rings. The number of nitrogens with one attached hydrogen (secondary N) is 1. The molecular weight excluding hydrogens is 515 g/mol. The first-order valence-corrected chi connectivity index (χ1v) is 12.4. The van der Waals surface area contributed by atoms with Crippen LogP contribution in [0.3, 0.4) is 0 Å². The summed E-state index contributed by atoms with van der Waals surface area (Å²) < 4.78 is 25.6. The number of nitrogens with zero attached hydrogens (tertiary/aromatic N) is 4. The lowest BCUT2D eigenvalue weighted by Crippen LogP contribution is -2.59. The first kappa shape index (κ1) is 27.3. The summed E-state index contributed by atoms with van der Waals surface area (Å²) >= 11 is 5.93. The van der Waals surface area contributed by atoms with Crippen LogP contribution in [0.5, 0.6) is 5.75 Å². The fourth-order valence-corrected chi connectivity index (χ4v) is 4.44. The molecule has 0 saturated carbocycles. The zero-order chi connectivity index (χ0) is 27.6. The van der Waals surface area contributed by atoms with Crippen molar-refractivity contribution in [2.24, 2.45) is 5.73 Å². The molecule has 0 spiro atoms. The van der Waals surface area contributed by atoms with Crippen LogP contribution in [0.25, 0.3) is 10.9 Å². The van der Waals surface area contributed by atoms with Crippen molar-refractivity contribution in [3.8, 4) is 5.75 Å². The zero-order valence-electron chi connectivity index (χ0n) is 21.6. The van der Waals surface area contributed by atoms with Crippen molar-refractivity contribution >= 4 is 46.0 Å². The SMILES string of the molecule is COc1cc2ncnc(Nc3cccc(Cl)c3F)c2cc1CN1CCN(C(=O)OC(C)(C)C)CC1C(N)=O. The van der Waals surface area contributed by atoms with Gasteiger partial charge in [-0.1, -0.05) is 17.7 Å². The number of aromatic nitrogens is 2. The van der Waals surface area contributed by atoms with Crippen LogP contribution < -0.4 is 15.8 Å². The van der Waals surface area contributed by atoms with Gasteiger partial charge in [-0.2, -0.15) is 0 Å². The average molecular weight is 545 g/mol. The van der Waals surface area contributed by atoms with E-state index in [-0.39, 0.29) is 17.3 Å². The molecule has 1 aliphatic rings. The average Bonchev–Trinajstić information content (AvgIpc) is 2.85. The third-order valence-corrected chi connectivity index (χ3v) is 6.38. The highest BCUT2D eigenvalue weighted by molar-refractivity contribution is 6.31. The van der Waals surface area contributed by atoms with E-state index in [2.05, 4.69) is 15.3 Å². The van der Waals surface area contributed by atoms with Crippen LogP contribution in [-0.2, 0) is 16.1 Å². The van der Waals surface area contributed by atoms with Gasteiger partial charge >= 0.3 is 6.09 Å². The summed E-state index contributed by atoms with van der Waals surface area (Å²) in [5.41, 5.74) is 6.56. The Hall–Kier alpha value is -3.70. The molecule has 2 heterocycles. The maximum atomic E-state index is 14.5. The van der Waals surface area contributed by atoms with E-state index in [1.54, 1.807) is 46.1 Å². The van der Waals surface area contributed by atoms with Crippen molar-refractivity contribution in [1.29, 1.82) is 0 Å². The lowest BCUT2D eigenvalue weighted by atomic mass is 10.1. The van der Waals surface area contributed by atoms with Crippen LogP contribution >= 0.6 is 11.6 Å². The number of hydrogen-bond acceptors (Lipinski definition) is 8. The predicted octanol–water partition coefficient (Wildman–Crippen LogP) is 4.08. The minimum Gasteiger partial charge on any atom is -0.496 e. The highest BCUT2D eigenvalue weighted by Gasteiger charge is 2.35. The fourth-order valence-electron chi connectivity index (χ4n) is 4.26. The Bertz CT molecular complexity index is 1370. The predicted molar refractivity (Wildman–Crippen MR) is 142 cm³/mol. The summed E-state index contributed by atoms with van der Waals surface area (Å²) in [6.45, 7) is 6.50. The van der Waals surface area contributed by atoms with Crippen molar-refractivity contribution in [3.63, 3.8) is 0 Å². The van der Waals surface area contributed by atoms with E-state index in [1.165, 1.54) is 17.3 Å². The van der Waals surface area contributed by atoms with E-state index in [0.29, 0.717) is 42.1 Å². The van der Waals surface area contributed by atoms with E-state index in [9.17, 15) is 14.0 Å². The van der Waals surface area contributed by atoms with Gasteiger partial charge in [0, 0.05) is 43.2 Å². The molecule has 1 aliphatic heterocycles. The second-order valence-corrected chi connectivity index (χ2v) is 10.4. The number of carbonyl (C=O) groups excluding carboxylic acids is 2. The number of carbonyl (C=O) groups is 2. The molecule has 1 unspecified atom stereocenters. The van der Waals surface area contributed by atoms with Crippen molar-refractivity contribution in [1.82, 2.24) is 19.8 Å². The number of piperazine rings is 1. The molecule has 2 amide bonds. The van der Waals surface area contributed by atoms with Gasteiger partial charge in [-0.15, -0.1) is 0 Å². The number of ether oxygens (including phenoxy) is 2. The summed E-state index contributed by atoms with van der Waals surface area (Å²) in [6, 6.07) is 7.50. The van der Waals surface area contributed by atoms with Crippen LogP contribution in [0.2, 0.25) is 5.02 Å². The number of methoxy groups -OCH3 is 1. The minimum absolute atomic E-state index is 0.0151. The Labute approximate surface area is 224 Å². The number of amides is 2. The van der Waals surface area contributed by atoms with Crippen molar-refractivity contribution < 1.29 is 23.5 Å². The highest BCUT2D eigenvalue weighted by Crippen LogP contribution is 2.32. The molecule has 0 bridgehead atoms. The maximum absolute atomic E-state index is 14.5. The van der Waals surface area contributed by atoms with Crippen LogP contribution in [-0.4, -0.2) is 70.2 Å². The van der Waals surface area contributed by atoms with Gasteiger partial charge in [-0.3, -0.25) is 9.69 Å². The molecular formula is C26H30ClFN6O4. The van der Waals surface area contributed by atoms with E-state index >= 15 is 0 Å². The van der Waals surface area contributed by atoms with Gasteiger partial charge in [0.15, 0.2) is 5.82 Å². The van der Waals surface area contributed by atoms with E-state index in [1.807, 2.05) is 11.0 Å². The van der Waals surface area contributed by atoms with Gasteiger partial charge in [-0.25, -0.2) is 19.2 Å². The Balaban J connectivity index is 1.63. The summed E-state index contributed by atoms with van der Waals surface area (Å²) in [5, 5.41) is 3.59. The number of nitrogens with two attached hydrogens (primary N) is 1. The summed E-state index contributed by atoms with van der Waals surface area (Å²) in [7, 11) is 1.54. The maximum Gasteiger partial charge on any atom is 0.410 e. The molecule has 1 aromatic heterocycles. The summed E-state index contributed by atoms with van der Waals surface area (Å²) in [6.07, 6.45) is 0.874. The lowest BCUT2D eigenvalue weighted by molar-refractivity contribution is -0.125. The largest absolute Gasteiger partial charge is 0.496 e. The monoisotopic (exact) mass is 544 g/mol. The topological polar surface area (TPSA) is 123 Å². The molecule has 202 valence electrons. The third kappa shape index (κ3) is 6.05. The second kappa shape index (κ2) is 11.0. The number of anilines is 2. The molecule has 1 saturated heterocycles. The fraction of sp³-hybridized carbons (Fsp3) is 0.385. The molecule has 1 atom stereocenters. The molecule has 12 heteroatoms. The zero-order valence-corrected chi connectivity index (χ0v) is 22.4. The summed E-state index contributed by atoms with van der Waals surface area (Å²) in [4.78, 5) is 37.0. The Kier molecular flexibility index (Phi) is 7.89. The molecule has 0 aliphatic carbocycles. The normalized spacial score (nSPS) is 16.4. The van der Waals surface area contributed by atoms with Crippen molar-refractivity contribution in [2.45, 2.75) is 39.0 Å². The van der Waals surface area contributed by atoms with Crippen LogP contribution in [0.15, 0.2) is 36.7 Å². The highest BCUT2D eigenvalue weighted by atomic mass is 35.5. The minimum atomic E-state index is -0.734. The molecule has 38 heavy (non-hydrogen) atoms. The molecule has 0 radical (unpaired) electrons. The van der Waals surface area contributed by atoms with Crippen LogP contribution in [0.1, 0.15) is 26.3 Å². The lowest BCUT2D eigenvalue weighted by Gasteiger charge is -2.40. The van der Waals surface area contributed by atoms with Crippen LogP contribution in [0, 0.1) is 5.82 Å². The Morgan fingerprint density at radius 3 is 2.68 bits per heavy atom. The molecule has 3 N–H and O–H groups in total. The number of hydrogen-bond donors (Lipinski definition) is 2. The van der Waals surface area contributed by atoms with E-state index in [4.69, 9.17) is 26.8 Å². The number of fused-ring (bicyclic) bond motifs is 1. The van der Waals surface area contributed by atoms with Gasteiger partial charge in [0.1, 0.15) is 29.5 Å². The molecule has 10 nitrogen and oxygen atoms in total. The Morgan fingerprint density at radius 1 is 1.24 bits per heavy atom. The molecule has 4 rings (SSSR count).